The Bertz CT molecular complexity index is 1100. The zero-order valence-corrected chi connectivity index (χ0v) is 24.2. The Hall–Kier alpha value is 0.120. The van der Waals surface area contributed by atoms with Crippen molar-refractivity contribution in [3.63, 3.8) is 0 Å². The fourth-order valence-electron chi connectivity index (χ4n) is 5.74. The number of hydrogen-bond acceptors (Lipinski definition) is 7. The van der Waals surface area contributed by atoms with Crippen LogP contribution in [0, 0.1) is 34.4 Å². The minimum absolute atomic E-state index is 0.218. The highest BCUT2D eigenvalue weighted by molar-refractivity contribution is 14.1. The molecule has 0 heterocycles. The molecule has 4 fully saturated rings. The molecule has 33 heavy (non-hydrogen) atoms. The Morgan fingerprint density at radius 3 is 2.30 bits per heavy atom. The number of ether oxygens (including phenoxy) is 2. The molecular formula is C20H18F2I3O7S-. The second-order valence-corrected chi connectivity index (χ2v) is 14.0. The molecule has 0 N–H and O–H groups in total. The highest BCUT2D eigenvalue weighted by atomic mass is 127. The normalized spacial score (nSPS) is 30.8. The van der Waals surface area contributed by atoms with Crippen LogP contribution in [0.15, 0.2) is 12.1 Å². The minimum Gasteiger partial charge on any atom is -0.743 e. The van der Waals surface area contributed by atoms with E-state index in [2.05, 4.69) is 72.5 Å². The summed E-state index contributed by atoms with van der Waals surface area (Å²) in [4.78, 5) is 25.7. The first-order valence-corrected chi connectivity index (χ1v) is 14.7. The van der Waals surface area contributed by atoms with Crippen molar-refractivity contribution in [2.75, 3.05) is 6.61 Å². The fraction of sp³-hybridized carbons (Fsp3) is 0.600. The number of carbonyl (C=O) groups excluding carboxylic acids is 2. The van der Waals surface area contributed by atoms with Crippen molar-refractivity contribution in [2.45, 2.75) is 43.0 Å². The summed E-state index contributed by atoms with van der Waals surface area (Å²) in [6.45, 7) is -1.79. The van der Waals surface area contributed by atoms with Crippen molar-refractivity contribution in [1.82, 2.24) is 0 Å². The summed E-state index contributed by atoms with van der Waals surface area (Å²) in [5.74, 6) is -2.21. The molecule has 2 unspecified atom stereocenters. The lowest BCUT2D eigenvalue weighted by Crippen LogP contribution is -2.58. The number of rotatable bonds is 6. The van der Waals surface area contributed by atoms with Crippen LogP contribution >= 0.6 is 67.8 Å². The van der Waals surface area contributed by atoms with E-state index in [0.717, 1.165) is 10.7 Å². The van der Waals surface area contributed by atoms with Crippen LogP contribution in [-0.4, -0.2) is 42.4 Å². The third-order valence-corrected chi connectivity index (χ3v) is 11.3. The molecule has 1 aromatic rings. The molecule has 4 aliphatic carbocycles. The van der Waals surface area contributed by atoms with Crippen molar-refractivity contribution in [3.05, 3.63) is 28.4 Å². The average Bonchev–Trinajstić information content (AvgIpc) is 2.67. The van der Waals surface area contributed by atoms with E-state index in [9.17, 15) is 31.3 Å². The second kappa shape index (κ2) is 9.21. The zero-order chi connectivity index (χ0) is 24.3. The summed E-state index contributed by atoms with van der Waals surface area (Å²) < 4.78 is 72.2. The number of halogens is 5. The molecule has 1 aromatic carbocycles. The van der Waals surface area contributed by atoms with Gasteiger partial charge in [0.15, 0.2) is 16.7 Å². The smallest absolute Gasteiger partial charge is 0.367 e. The van der Waals surface area contributed by atoms with E-state index in [-0.39, 0.29) is 17.8 Å². The van der Waals surface area contributed by atoms with Crippen LogP contribution < -0.4 is 0 Å². The molecule has 0 aromatic heterocycles. The van der Waals surface area contributed by atoms with Gasteiger partial charge in [0, 0.05) is 10.7 Å². The minimum atomic E-state index is -5.93. The molecule has 0 amide bonds. The van der Waals surface area contributed by atoms with Gasteiger partial charge in [-0.25, -0.2) is 13.2 Å². The second-order valence-electron chi connectivity index (χ2n) is 9.02. The number of hydrogen-bond donors (Lipinski definition) is 0. The average molecular weight is 821 g/mol. The highest BCUT2D eigenvalue weighted by Crippen LogP contribution is 2.60. The number of alkyl halides is 2. The number of esters is 2. The molecule has 4 bridgehead atoms. The lowest BCUT2D eigenvalue weighted by Gasteiger charge is -2.58. The van der Waals surface area contributed by atoms with Crippen LogP contribution in [0.4, 0.5) is 8.78 Å². The van der Waals surface area contributed by atoms with Crippen LogP contribution in [0.1, 0.15) is 42.5 Å². The van der Waals surface area contributed by atoms with Crippen LogP contribution in [-0.2, 0) is 24.4 Å². The first kappa shape index (κ1) is 26.2. The van der Waals surface area contributed by atoms with Crippen LogP contribution in [0.5, 0.6) is 0 Å². The largest absolute Gasteiger partial charge is 0.743 e. The first-order valence-electron chi connectivity index (χ1n) is 10.1. The molecule has 2 atom stereocenters. The zero-order valence-electron chi connectivity index (χ0n) is 16.9. The van der Waals surface area contributed by atoms with E-state index in [4.69, 9.17) is 4.74 Å². The third kappa shape index (κ3) is 5.16. The molecular weight excluding hydrogens is 803 g/mol. The van der Waals surface area contributed by atoms with Crippen LogP contribution in [0.25, 0.3) is 0 Å². The number of benzene rings is 1. The van der Waals surface area contributed by atoms with E-state index in [1.165, 1.54) is 0 Å². The van der Waals surface area contributed by atoms with Gasteiger partial charge in [0.1, 0.15) is 5.60 Å². The van der Waals surface area contributed by atoms with E-state index < -0.39 is 45.4 Å². The Labute approximate surface area is 230 Å². The van der Waals surface area contributed by atoms with Crippen molar-refractivity contribution in [2.24, 2.45) is 23.7 Å². The predicted octanol–water partition coefficient (Wildman–Crippen LogP) is 4.53. The maximum atomic E-state index is 13.4. The Balaban J connectivity index is 1.48. The predicted molar refractivity (Wildman–Crippen MR) is 135 cm³/mol. The SMILES string of the molecule is O=C(OC12CC3CC(C1)C(C(=O)OCC(F)(F)S(=O)(=O)[O-])C(C3)C2)c1cc(I)cc(I)c1I. The molecule has 7 nitrogen and oxygen atoms in total. The maximum Gasteiger partial charge on any atom is 0.367 e. The Morgan fingerprint density at radius 2 is 1.73 bits per heavy atom. The molecule has 0 spiro atoms. The van der Waals surface area contributed by atoms with Gasteiger partial charge in [0.05, 0.1) is 11.5 Å². The molecule has 182 valence electrons. The molecule has 4 saturated carbocycles. The quantitative estimate of drug-likeness (QED) is 0.180. The summed E-state index contributed by atoms with van der Waals surface area (Å²) in [5.41, 5.74) is -0.234. The monoisotopic (exact) mass is 821 g/mol. The van der Waals surface area contributed by atoms with Gasteiger partial charge in [-0.05, 0) is 130 Å². The summed E-state index contributed by atoms with van der Waals surface area (Å²) in [6, 6.07) is 3.74. The van der Waals surface area contributed by atoms with E-state index in [1.807, 2.05) is 6.07 Å². The van der Waals surface area contributed by atoms with Gasteiger partial charge in [0.25, 0.3) is 0 Å². The van der Waals surface area contributed by atoms with Crippen molar-refractivity contribution >= 4 is 89.8 Å². The van der Waals surface area contributed by atoms with Crippen molar-refractivity contribution in [3.8, 4) is 0 Å². The summed E-state index contributed by atoms with van der Waals surface area (Å²) in [7, 11) is -5.93. The van der Waals surface area contributed by atoms with Gasteiger partial charge < -0.3 is 14.0 Å². The van der Waals surface area contributed by atoms with E-state index >= 15 is 0 Å². The van der Waals surface area contributed by atoms with Gasteiger partial charge in [-0.2, -0.15) is 8.78 Å². The van der Waals surface area contributed by atoms with Crippen molar-refractivity contribution < 1.29 is 40.8 Å². The molecule has 5 rings (SSSR count). The Kier molecular flexibility index (Phi) is 7.31. The molecule has 0 aliphatic heterocycles. The topological polar surface area (TPSA) is 110 Å². The van der Waals surface area contributed by atoms with Gasteiger partial charge in [-0.1, -0.05) is 0 Å². The van der Waals surface area contributed by atoms with Crippen molar-refractivity contribution in [1.29, 1.82) is 0 Å². The summed E-state index contributed by atoms with van der Waals surface area (Å²) >= 11 is 6.42. The highest BCUT2D eigenvalue weighted by Gasteiger charge is 2.59. The third-order valence-electron chi connectivity index (χ3n) is 6.76. The van der Waals surface area contributed by atoms with Gasteiger partial charge in [-0.3, -0.25) is 4.79 Å². The molecule has 0 radical (unpaired) electrons. The summed E-state index contributed by atoms with van der Waals surface area (Å²) in [5, 5.41) is -4.67. The standard InChI is InChI=1S/C20H19F2I3O7S/c21-20(22,33(28,29)30)8-31-18(27)15-10-1-9-2-11(15)7-19(5-9,6-10)32-17(26)13-3-12(23)4-14(24)16(13)25/h3-4,9-11,15H,1-2,5-8H2,(H,28,29,30)/p-1. The molecule has 4 aliphatic rings. The van der Waals surface area contributed by atoms with E-state index in [1.54, 1.807) is 6.07 Å². The number of carbonyl (C=O) groups is 2. The Morgan fingerprint density at radius 1 is 1.12 bits per heavy atom. The lowest BCUT2D eigenvalue weighted by molar-refractivity contribution is -0.186. The lowest BCUT2D eigenvalue weighted by atomic mass is 9.50. The van der Waals surface area contributed by atoms with E-state index in [0.29, 0.717) is 37.7 Å². The maximum absolute atomic E-state index is 13.4. The molecule has 13 heteroatoms. The van der Waals surface area contributed by atoms with Gasteiger partial charge >= 0.3 is 17.2 Å². The van der Waals surface area contributed by atoms with Crippen LogP contribution in [0.2, 0.25) is 0 Å². The van der Waals surface area contributed by atoms with Gasteiger partial charge in [0.2, 0.25) is 0 Å². The summed E-state index contributed by atoms with van der Waals surface area (Å²) in [6.07, 6.45) is 2.89. The fourth-order valence-corrected chi connectivity index (χ4v) is 8.32. The van der Waals surface area contributed by atoms with Crippen LogP contribution in [0.3, 0.4) is 0 Å². The van der Waals surface area contributed by atoms with Gasteiger partial charge in [-0.15, -0.1) is 0 Å². The first-order chi connectivity index (χ1) is 15.2. The molecule has 0 saturated heterocycles.